The van der Waals surface area contributed by atoms with Crippen LogP contribution in [0.3, 0.4) is 0 Å². The summed E-state index contributed by atoms with van der Waals surface area (Å²) < 4.78 is 7.74. The Morgan fingerprint density at radius 1 is 0.892 bits per heavy atom. The highest BCUT2D eigenvalue weighted by atomic mass is 16.5. The van der Waals surface area contributed by atoms with Crippen molar-refractivity contribution < 1.29 is 19.1 Å². The van der Waals surface area contributed by atoms with Gasteiger partial charge in [-0.05, 0) is 35.7 Å². The standard InChI is InChI=1S/C28H33N5O4/c1-31-16-17-32(2)28(36)19-21-6-5-8-23(18-21)33-15-14-29-25(33)12-13-30-26(34)20-37-24-9-4-3-7-22(24)10-11-27(31)35/h3-9,14-15,18H,10-13,16-17,19-20H2,1-2H3,(H,30,34). The van der Waals surface area contributed by atoms with E-state index in [4.69, 9.17) is 4.74 Å². The molecule has 0 saturated carbocycles. The number of nitrogens with one attached hydrogen (secondary N) is 1. The normalized spacial score (nSPS) is 16.5. The third kappa shape index (κ3) is 6.97. The zero-order valence-corrected chi connectivity index (χ0v) is 21.4. The Morgan fingerprint density at radius 3 is 2.51 bits per heavy atom. The van der Waals surface area contributed by atoms with Crippen LogP contribution in [0.4, 0.5) is 0 Å². The van der Waals surface area contributed by atoms with Gasteiger partial charge in [-0.2, -0.15) is 0 Å². The number of nitrogens with zero attached hydrogens (tertiary/aromatic N) is 4. The maximum absolute atomic E-state index is 12.9. The highest BCUT2D eigenvalue weighted by Crippen LogP contribution is 2.20. The first-order chi connectivity index (χ1) is 17.9. The molecular formula is C28H33N5O4. The van der Waals surface area contributed by atoms with Crippen molar-refractivity contribution in [3.8, 4) is 11.4 Å². The van der Waals surface area contributed by atoms with E-state index in [0.717, 1.165) is 22.6 Å². The van der Waals surface area contributed by atoms with Crippen molar-refractivity contribution in [1.82, 2.24) is 24.7 Å². The summed E-state index contributed by atoms with van der Waals surface area (Å²) in [6, 6.07) is 15.2. The van der Waals surface area contributed by atoms with Gasteiger partial charge < -0.3 is 24.4 Å². The monoisotopic (exact) mass is 503 g/mol. The summed E-state index contributed by atoms with van der Waals surface area (Å²) in [5.74, 6) is 1.15. The predicted molar refractivity (Wildman–Crippen MR) is 140 cm³/mol. The van der Waals surface area contributed by atoms with Crippen LogP contribution >= 0.6 is 0 Å². The molecule has 3 aromatic rings. The number of benzene rings is 2. The third-order valence-electron chi connectivity index (χ3n) is 6.49. The number of likely N-dealkylation sites (N-methyl/N-ethyl adjacent to an activating group) is 2. The number of ether oxygens (including phenoxy) is 1. The maximum Gasteiger partial charge on any atom is 0.257 e. The molecule has 1 aromatic heterocycles. The number of hydrogen-bond donors (Lipinski definition) is 1. The Balaban J connectivity index is 1.53. The van der Waals surface area contributed by atoms with Gasteiger partial charge in [-0.15, -0.1) is 0 Å². The lowest BCUT2D eigenvalue weighted by Crippen LogP contribution is -2.38. The lowest BCUT2D eigenvalue weighted by atomic mass is 10.1. The lowest BCUT2D eigenvalue weighted by Gasteiger charge is -2.23. The third-order valence-corrected chi connectivity index (χ3v) is 6.49. The van der Waals surface area contributed by atoms with Gasteiger partial charge in [-0.25, -0.2) is 4.98 Å². The Bertz CT molecular complexity index is 1250. The Labute approximate surface area is 217 Å². The van der Waals surface area contributed by atoms with E-state index in [0.29, 0.717) is 44.6 Å². The van der Waals surface area contributed by atoms with Crippen molar-refractivity contribution in [3.63, 3.8) is 0 Å². The molecule has 0 spiro atoms. The van der Waals surface area contributed by atoms with Gasteiger partial charge in [0.05, 0.1) is 6.42 Å². The fraction of sp³-hybridized carbons (Fsp3) is 0.357. The molecule has 194 valence electrons. The van der Waals surface area contributed by atoms with E-state index in [1.807, 2.05) is 53.2 Å². The summed E-state index contributed by atoms with van der Waals surface area (Å²) in [6.45, 7) is 1.19. The maximum atomic E-state index is 12.9. The molecule has 0 aliphatic carbocycles. The van der Waals surface area contributed by atoms with Crippen LogP contribution in [0.25, 0.3) is 5.69 Å². The summed E-state index contributed by atoms with van der Waals surface area (Å²) in [5.41, 5.74) is 2.67. The predicted octanol–water partition coefficient (Wildman–Crippen LogP) is 2.02. The van der Waals surface area contributed by atoms with Crippen LogP contribution in [0.2, 0.25) is 0 Å². The van der Waals surface area contributed by atoms with E-state index >= 15 is 0 Å². The first kappa shape index (κ1) is 25.9. The van der Waals surface area contributed by atoms with Gasteiger partial charge >= 0.3 is 0 Å². The molecule has 1 aliphatic heterocycles. The van der Waals surface area contributed by atoms with E-state index in [9.17, 15) is 14.4 Å². The van der Waals surface area contributed by atoms with Crippen molar-refractivity contribution in [2.24, 2.45) is 0 Å². The minimum atomic E-state index is -0.226. The van der Waals surface area contributed by atoms with Crippen LogP contribution in [0.5, 0.6) is 5.75 Å². The number of hydrogen-bond acceptors (Lipinski definition) is 5. The van der Waals surface area contributed by atoms with Crippen molar-refractivity contribution in [3.05, 3.63) is 77.9 Å². The fourth-order valence-corrected chi connectivity index (χ4v) is 4.22. The number of para-hydroxylation sites is 1. The van der Waals surface area contributed by atoms with Gasteiger partial charge in [0.15, 0.2) is 6.61 Å². The second-order valence-corrected chi connectivity index (χ2v) is 9.19. The van der Waals surface area contributed by atoms with Crippen LogP contribution in [0.15, 0.2) is 60.9 Å². The largest absolute Gasteiger partial charge is 0.483 e. The number of fused-ring (bicyclic) bond motifs is 5. The van der Waals surface area contributed by atoms with Crippen molar-refractivity contribution in [1.29, 1.82) is 0 Å². The first-order valence-electron chi connectivity index (χ1n) is 12.5. The molecule has 2 bridgehead atoms. The van der Waals surface area contributed by atoms with Crippen LogP contribution < -0.4 is 10.1 Å². The number of aryl methyl sites for hydroxylation is 1. The van der Waals surface area contributed by atoms with Gasteiger partial charge in [0, 0.05) is 64.7 Å². The Kier molecular flexibility index (Phi) is 8.56. The van der Waals surface area contributed by atoms with Crippen LogP contribution in [0, 0.1) is 0 Å². The number of rotatable bonds is 0. The van der Waals surface area contributed by atoms with Gasteiger partial charge in [-0.3, -0.25) is 14.4 Å². The van der Waals surface area contributed by atoms with Gasteiger partial charge in [0.1, 0.15) is 11.6 Å². The second-order valence-electron chi connectivity index (χ2n) is 9.19. The number of carbonyl (C=O) groups is 3. The summed E-state index contributed by atoms with van der Waals surface area (Å²) in [6.07, 6.45) is 5.20. The van der Waals surface area contributed by atoms with Gasteiger partial charge in [0.25, 0.3) is 5.91 Å². The summed E-state index contributed by atoms with van der Waals surface area (Å²) in [7, 11) is 3.51. The van der Waals surface area contributed by atoms with E-state index < -0.39 is 0 Å². The highest BCUT2D eigenvalue weighted by molar-refractivity contribution is 5.79. The van der Waals surface area contributed by atoms with Crippen molar-refractivity contribution >= 4 is 17.7 Å². The molecule has 0 saturated heterocycles. The summed E-state index contributed by atoms with van der Waals surface area (Å²) in [4.78, 5) is 45.8. The highest BCUT2D eigenvalue weighted by Gasteiger charge is 2.16. The molecule has 1 N–H and O–H groups in total. The molecule has 2 aromatic carbocycles. The minimum absolute atomic E-state index is 0.0141. The fourth-order valence-electron chi connectivity index (χ4n) is 4.22. The van der Waals surface area contributed by atoms with Crippen LogP contribution in [-0.2, 0) is 33.6 Å². The molecule has 9 nitrogen and oxygen atoms in total. The molecular weight excluding hydrogens is 470 g/mol. The van der Waals surface area contributed by atoms with Crippen LogP contribution in [0.1, 0.15) is 23.4 Å². The zero-order valence-electron chi connectivity index (χ0n) is 21.4. The van der Waals surface area contributed by atoms with E-state index in [-0.39, 0.29) is 30.7 Å². The minimum Gasteiger partial charge on any atom is -0.483 e. The van der Waals surface area contributed by atoms with Gasteiger partial charge in [0.2, 0.25) is 11.8 Å². The molecule has 9 heteroatoms. The molecule has 0 radical (unpaired) electrons. The molecule has 1 aliphatic rings. The molecule has 0 atom stereocenters. The molecule has 3 amide bonds. The van der Waals surface area contributed by atoms with E-state index in [1.54, 1.807) is 36.2 Å². The van der Waals surface area contributed by atoms with Crippen molar-refractivity contribution in [2.45, 2.75) is 25.7 Å². The number of carbonyl (C=O) groups excluding carboxylic acids is 3. The number of aromatic nitrogens is 2. The topological polar surface area (TPSA) is 96.8 Å². The van der Waals surface area contributed by atoms with Gasteiger partial charge in [-0.1, -0.05) is 30.3 Å². The smallest absolute Gasteiger partial charge is 0.257 e. The van der Waals surface area contributed by atoms with E-state index in [1.165, 1.54) is 0 Å². The molecule has 4 rings (SSSR count). The number of amides is 3. The molecule has 0 unspecified atom stereocenters. The molecule has 2 heterocycles. The van der Waals surface area contributed by atoms with Crippen molar-refractivity contribution in [2.75, 3.05) is 40.3 Å². The van der Waals surface area contributed by atoms with Crippen LogP contribution in [-0.4, -0.2) is 77.4 Å². The lowest BCUT2D eigenvalue weighted by molar-refractivity contribution is -0.133. The molecule has 0 fully saturated rings. The Morgan fingerprint density at radius 2 is 1.68 bits per heavy atom. The first-order valence-corrected chi connectivity index (χ1v) is 12.5. The average Bonchev–Trinajstić information content (AvgIpc) is 3.37. The summed E-state index contributed by atoms with van der Waals surface area (Å²) >= 11 is 0. The molecule has 37 heavy (non-hydrogen) atoms. The SMILES string of the molecule is CN1CCN(C)C(=O)Cc2cccc(c2)-n2ccnc2CCNC(=O)COc2ccccc2CCC1=O. The number of imidazole rings is 1. The van der Waals surface area contributed by atoms with E-state index in [2.05, 4.69) is 10.3 Å². The Hall–Kier alpha value is -4.14. The quantitative estimate of drug-likeness (QED) is 0.506. The second kappa shape index (κ2) is 12.2. The summed E-state index contributed by atoms with van der Waals surface area (Å²) in [5, 5.41) is 2.88. The average molecular weight is 504 g/mol. The zero-order chi connectivity index (χ0) is 26.2.